The Morgan fingerprint density at radius 3 is 2.52 bits per heavy atom. The van der Waals surface area contributed by atoms with E-state index in [2.05, 4.69) is 20.4 Å². The van der Waals surface area contributed by atoms with Crippen LogP contribution in [0, 0.1) is 11.6 Å². The average Bonchev–Trinajstić information content (AvgIpc) is 3.40. The molecule has 0 fully saturated rings. The van der Waals surface area contributed by atoms with E-state index in [0.717, 1.165) is 10.4 Å². The van der Waals surface area contributed by atoms with E-state index in [-0.39, 0.29) is 5.82 Å². The van der Waals surface area contributed by atoms with Gasteiger partial charge in [-0.3, -0.25) is 0 Å². The first-order chi connectivity index (χ1) is 15.1. The molecule has 0 saturated carbocycles. The van der Waals surface area contributed by atoms with E-state index in [4.69, 9.17) is 5.73 Å². The largest absolute Gasteiger partial charge is 0.383 e. The summed E-state index contributed by atoms with van der Waals surface area (Å²) in [5, 5.41) is 10.2. The lowest BCUT2D eigenvalue weighted by molar-refractivity contribution is 0.625. The van der Waals surface area contributed by atoms with Crippen molar-refractivity contribution in [2.75, 3.05) is 11.1 Å². The van der Waals surface area contributed by atoms with Crippen molar-refractivity contribution < 1.29 is 8.78 Å². The van der Waals surface area contributed by atoms with Gasteiger partial charge in [0.15, 0.2) is 5.65 Å². The summed E-state index contributed by atoms with van der Waals surface area (Å²) in [6.07, 6.45) is 0. The molecular weight excluding hydrogens is 418 g/mol. The van der Waals surface area contributed by atoms with Crippen LogP contribution in [0.3, 0.4) is 0 Å². The van der Waals surface area contributed by atoms with Gasteiger partial charge >= 0.3 is 0 Å². The molecule has 0 radical (unpaired) electrons. The number of hydrogen-bond donors (Lipinski definition) is 2. The van der Waals surface area contributed by atoms with Crippen molar-refractivity contribution in [1.29, 1.82) is 0 Å². The van der Waals surface area contributed by atoms with Crippen LogP contribution in [0.15, 0.2) is 66.0 Å². The second-order valence-corrected chi connectivity index (χ2v) is 7.78. The predicted octanol–water partition coefficient (Wildman–Crippen LogP) is 5.02. The maximum absolute atomic E-state index is 13.8. The fourth-order valence-corrected chi connectivity index (χ4v) is 4.04. The van der Waals surface area contributed by atoms with Gasteiger partial charge < -0.3 is 11.1 Å². The molecule has 0 aliphatic carbocycles. The van der Waals surface area contributed by atoms with Gasteiger partial charge in [0.25, 0.3) is 0 Å². The molecule has 9 heteroatoms. The van der Waals surface area contributed by atoms with Crippen molar-refractivity contribution in [2.45, 2.75) is 6.54 Å². The maximum atomic E-state index is 13.8. The number of rotatable bonds is 5. The van der Waals surface area contributed by atoms with Crippen molar-refractivity contribution in [1.82, 2.24) is 19.7 Å². The quantitative estimate of drug-likeness (QED) is 0.406. The van der Waals surface area contributed by atoms with Gasteiger partial charge in [-0.1, -0.05) is 24.3 Å². The molecule has 0 atom stereocenters. The smallest absolute Gasteiger partial charge is 0.225 e. The lowest BCUT2D eigenvalue weighted by atomic mass is 10.2. The fourth-order valence-electron chi connectivity index (χ4n) is 3.32. The molecular formula is C22H16F2N6S. The third kappa shape index (κ3) is 3.71. The maximum Gasteiger partial charge on any atom is 0.225 e. The lowest BCUT2D eigenvalue weighted by Gasteiger charge is -2.08. The van der Waals surface area contributed by atoms with E-state index in [1.165, 1.54) is 40.3 Å². The van der Waals surface area contributed by atoms with Gasteiger partial charge in [-0.25, -0.2) is 18.4 Å². The summed E-state index contributed by atoms with van der Waals surface area (Å²) in [7, 11) is 0. The van der Waals surface area contributed by atoms with E-state index in [9.17, 15) is 8.78 Å². The number of thiophene rings is 1. The van der Waals surface area contributed by atoms with Gasteiger partial charge in [-0.15, -0.1) is 16.4 Å². The number of benzene rings is 2. The standard InChI is InChI=1S/C22H16F2N6S/c23-14-5-1-4-13(10-14)12-26-22-27-19(17-8-3-9-31-17)18-20(25)30(29-21(18)28-22)16-7-2-6-15(24)11-16/h1-11H,12,25H2,(H,26,28,29). The number of nitrogens with zero attached hydrogens (tertiary/aromatic N) is 4. The normalized spacial score (nSPS) is 11.2. The van der Waals surface area contributed by atoms with Crippen LogP contribution in [0.25, 0.3) is 27.3 Å². The minimum absolute atomic E-state index is 0.309. The van der Waals surface area contributed by atoms with Gasteiger partial charge in [0.2, 0.25) is 5.95 Å². The zero-order valence-corrected chi connectivity index (χ0v) is 16.9. The van der Waals surface area contributed by atoms with E-state index >= 15 is 0 Å². The van der Waals surface area contributed by atoms with Crippen LogP contribution in [0.4, 0.5) is 20.5 Å². The molecule has 5 rings (SSSR count). The molecule has 6 nitrogen and oxygen atoms in total. The van der Waals surface area contributed by atoms with E-state index in [0.29, 0.717) is 40.7 Å². The van der Waals surface area contributed by atoms with Gasteiger partial charge in [0, 0.05) is 6.54 Å². The highest BCUT2D eigenvalue weighted by atomic mass is 32.1. The second-order valence-electron chi connectivity index (χ2n) is 6.83. The number of anilines is 2. The third-order valence-electron chi connectivity index (χ3n) is 4.72. The highest BCUT2D eigenvalue weighted by Gasteiger charge is 2.20. The Morgan fingerprint density at radius 1 is 0.968 bits per heavy atom. The molecule has 2 aromatic carbocycles. The Bertz CT molecular complexity index is 1380. The molecule has 154 valence electrons. The number of fused-ring (bicyclic) bond motifs is 1. The van der Waals surface area contributed by atoms with Gasteiger partial charge in [0.1, 0.15) is 17.5 Å². The van der Waals surface area contributed by atoms with E-state index in [1.54, 1.807) is 18.2 Å². The number of nitrogens with one attached hydrogen (secondary N) is 1. The lowest BCUT2D eigenvalue weighted by Crippen LogP contribution is -2.05. The topological polar surface area (TPSA) is 81.7 Å². The summed E-state index contributed by atoms with van der Waals surface area (Å²) in [5.41, 5.74) is 8.65. The summed E-state index contributed by atoms with van der Waals surface area (Å²) in [4.78, 5) is 10.0. The molecule has 0 spiro atoms. The fraction of sp³-hybridized carbons (Fsp3) is 0.0455. The van der Waals surface area contributed by atoms with Crippen molar-refractivity contribution in [3.05, 3.63) is 83.2 Å². The first kappa shape index (κ1) is 19.1. The highest BCUT2D eigenvalue weighted by Crippen LogP contribution is 2.35. The molecule has 31 heavy (non-hydrogen) atoms. The van der Waals surface area contributed by atoms with Crippen LogP contribution < -0.4 is 11.1 Å². The zero-order valence-electron chi connectivity index (χ0n) is 16.1. The first-order valence-electron chi connectivity index (χ1n) is 9.43. The SMILES string of the molecule is Nc1c2c(-c3cccs3)nc(NCc3cccc(F)c3)nc2nn1-c1cccc(F)c1. The molecule has 0 amide bonds. The number of nitrogen functional groups attached to an aromatic ring is 1. The van der Waals surface area contributed by atoms with E-state index < -0.39 is 5.82 Å². The average molecular weight is 434 g/mol. The Hall–Kier alpha value is -3.85. The van der Waals surface area contributed by atoms with Crippen LogP contribution in [-0.2, 0) is 6.54 Å². The minimum atomic E-state index is -0.390. The summed E-state index contributed by atoms with van der Waals surface area (Å²) < 4.78 is 28.7. The van der Waals surface area contributed by atoms with Crippen molar-refractivity contribution in [3.63, 3.8) is 0 Å². The summed E-state index contributed by atoms with van der Waals surface area (Å²) in [6.45, 7) is 0.341. The minimum Gasteiger partial charge on any atom is -0.383 e. The predicted molar refractivity (Wildman–Crippen MR) is 118 cm³/mol. The summed E-state index contributed by atoms with van der Waals surface area (Å²) in [6, 6.07) is 16.2. The number of halogens is 2. The zero-order chi connectivity index (χ0) is 21.4. The van der Waals surface area contributed by atoms with Crippen LogP contribution in [0.2, 0.25) is 0 Å². The van der Waals surface area contributed by atoms with Crippen molar-refractivity contribution >= 4 is 34.1 Å². The molecule has 0 aliphatic heterocycles. The van der Waals surface area contributed by atoms with Crippen LogP contribution in [-0.4, -0.2) is 19.7 Å². The van der Waals surface area contributed by atoms with Crippen LogP contribution >= 0.6 is 11.3 Å². The van der Waals surface area contributed by atoms with Gasteiger partial charge in [0.05, 0.1) is 21.6 Å². The first-order valence-corrected chi connectivity index (χ1v) is 10.3. The molecule has 0 bridgehead atoms. The molecule has 3 N–H and O–H groups in total. The second kappa shape index (κ2) is 7.77. The number of nitrogens with two attached hydrogens (primary N) is 1. The summed E-state index contributed by atoms with van der Waals surface area (Å²) >= 11 is 1.51. The molecule has 5 aromatic rings. The Balaban J connectivity index is 1.61. The third-order valence-corrected chi connectivity index (χ3v) is 5.59. The van der Waals surface area contributed by atoms with Gasteiger partial charge in [-0.2, -0.15) is 4.98 Å². The molecule has 0 aliphatic rings. The van der Waals surface area contributed by atoms with E-state index in [1.807, 2.05) is 23.6 Å². The van der Waals surface area contributed by atoms with Crippen molar-refractivity contribution in [3.8, 4) is 16.3 Å². The Kier molecular flexibility index (Phi) is 4.79. The summed E-state index contributed by atoms with van der Waals surface area (Å²) in [5.74, 6) is -0.0419. The van der Waals surface area contributed by atoms with Gasteiger partial charge in [-0.05, 0) is 47.3 Å². The molecule has 3 aromatic heterocycles. The molecule has 0 unspecified atom stereocenters. The monoisotopic (exact) mass is 434 g/mol. The van der Waals surface area contributed by atoms with Crippen LogP contribution in [0.1, 0.15) is 5.56 Å². The highest BCUT2D eigenvalue weighted by molar-refractivity contribution is 7.13. The molecule has 0 saturated heterocycles. The molecule has 3 heterocycles. The van der Waals surface area contributed by atoms with Crippen molar-refractivity contribution in [2.24, 2.45) is 0 Å². The Labute approximate surface area is 180 Å². The number of aromatic nitrogens is 4. The van der Waals surface area contributed by atoms with Crippen LogP contribution in [0.5, 0.6) is 0 Å². The number of hydrogen-bond acceptors (Lipinski definition) is 6. The Morgan fingerprint density at radius 2 is 1.77 bits per heavy atom.